The molecule has 1 atom stereocenters. The average Bonchev–Trinajstić information content (AvgIpc) is 2.96. The molecule has 2 N–H and O–H groups in total. The molecule has 2 amide bonds. The molecule has 0 aromatic heterocycles. The molecule has 1 unspecified atom stereocenters. The lowest BCUT2D eigenvalue weighted by molar-refractivity contribution is -0.129. The number of benzene rings is 1. The number of hydrogen-bond acceptors (Lipinski definition) is 3. The fourth-order valence-corrected chi connectivity index (χ4v) is 3.80. The second-order valence-corrected chi connectivity index (χ2v) is 7.66. The molecule has 0 spiro atoms. The van der Waals surface area contributed by atoms with Crippen molar-refractivity contribution in [2.75, 3.05) is 13.1 Å². The summed E-state index contributed by atoms with van der Waals surface area (Å²) >= 11 is 0. The molecule has 25 heavy (non-hydrogen) atoms. The number of hydrogen-bond donors (Lipinski definition) is 2. The van der Waals surface area contributed by atoms with Gasteiger partial charge in [0.1, 0.15) is 0 Å². The van der Waals surface area contributed by atoms with Crippen LogP contribution in [-0.4, -0.2) is 40.5 Å². The first-order chi connectivity index (χ1) is 12.0. The van der Waals surface area contributed by atoms with Crippen molar-refractivity contribution in [3.63, 3.8) is 0 Å². The van der Waals surface area contributed by atoms with Gasteiger partial charge < -0.3 is 15.3 Å². The van der Waals surface area contributed by atoms with E-state index in [9.17, 15) is 14.7 Å². The van der Waals surface area contributed by atoms with E-state index in [0.29, 0.717) is 19.6 Å². The normalized spacial score (nSPS) is 22.9. The van der Waals surface area contributed by atoms with E-state index in [1.165, 1.54) is 5.56 Å². The Morgan fingerprint density at radius 1 is 1.24 bits per heavy atom. The zero-order valence-corrected chi connectivity index (χ0v) is 15.0. The second kappa shape index (κ2) is 7.56. The van der Waals surface area contributed by atoms with Gasteiger partial charge in [0.05, 0.1) is 11.5 Å². The van der Waals surface area contributed by atoms with Crippen molar-refractivity contribution in [1.82, 2.24) is 10.2 Å². The maximum absolute atomic E-state index is 12.4. The minimum Gasteiger partial charge on any atom is -0.388 e. The van der Waals surface area contributed by atoms with Gasteiger partial charge in [-0.25, -0.2) is 0 Å². The topological polar surface area (TPSA) is 69.6 Å². The van der Waals surface area contributed by atoms with Crippen LogP contribution in [0, 0.1) is 12.8 Å². The van der Waals surface area contributed by atoms with Gasteiger partial charge in [0.25, 0.3) is 0 Å². The summed E-state index contributed by atoms with van der Waals surface area (Å²) in [6, 6.07) is 8.11. The van der Waals surface area contributed by atoms with E-state index in [-0.39, 0.29) is 24.2 Å². The largest absolute Gasteiger partial charge is 0.388 e. The molecule has 2 aliphatic rings. The van der Waals surface area contributed by atoms with Crippen molar-refractivity contribution in [2.24, 2.45) is 5.92 Å². The number of aryl methyl sites for hydroxylation is 1. The first-order valence-electron chi connectivity index (χ1n) is 9.29. The van der Waals surface area contributed by atoms with E-state index >= 15 is 0 Å². The number of aliphatic hydroxyl groups is 1. The predicted octanol–water partition coefficient (Wildman–Crippen LogP) is 2.15. The molecule has 0 radical (unpaired) electrons. The Morgan fingerprint density at radius 2 is 1.92 bits per heavy atom. The monoisotopic (exact) mass is 344 g/mol. The maximum atomic E-state index is 12.4. The van der Waals surface area contributed by atoms with Gasteiger partial charge in [-0.05, 0) is 25.3 Å². The maximum Gasteiger partial charge on any atom is 0.225 e. The number of rotatable bonds is 5. The van der Waals surface area contributed by atoms with Crippen molar-refractivity contribution in [3.8, 4) is 0 Å². The summed E-state index contributed by atoms with van der Waals surface area (Å²) < 4.78 is 0. The third-order valence-corrected chi connectivity index (χ3v) is 5.46. The van der Waals surface area contributed by atoms with Crippen molar-refractivity contribution >= 4 is 11.8 Å². The van der Waals surface area contributed by atoms with Crippen LogP contribution in [0.15, 0.2) is 24.3 Å². The molecule has 1 saturated carbocycles. The van der Waals surface area contributed by atoms with Gasteiger partial charge in [-0.15, -0.1) is 0 Å². The molecule has 1 heterocycles. The van der Waals surface area contributed by atoms with Crippen LogP contribution < -0.4 is 5.32 Å². The minimum atomic E-state index is -0.766. The van der Waals surface area contributed by atoms with E-state index in [0.717, 1.165) is 37.7 Å². The summed E-state index contributed by atoms with van der Waals surface area (Å²) in [5.74, 6) is -0.402. The van der Waals surface area contributed by atoms with Crippen molar-refractivity contribution in [3.05, 3.63) is 35.4 Å². The van der Waals surface area contributed by atoms with Gasteiger partial charge in [-0.2, -0.15) is 0 Å². The number of nitrogens with zero attached hydrogens (tertiary/aromatic N) is 1. The van der Waals surface area contributed by atoms with Gasteiger partial charge in [0.2, 0.25) is 11.8 Å². The molecule has 3 rings (SSSR count). The van der Waals surface area contributed by atoms with Gasteiger partial charge in [0, 0.05) is 26.1 Å². The highest BCUT2D eigenvalue weighted by molar-refractivity contribution is 5.89. The number of likely N-dealkylation sites (tertiary alicyclic amines) is 1. The number of nitrogens with one attached hydrogen (secondary N) is 1. The lowest BCUT2D eigenvalue weighted by atomic mass is 9.85. The van der Waals surface area contributed by atoms with Crippen LogP contribution in [0.4, 0.5) is 0 Å². The SMILES string of the molecule is Cc1ccc(CN2CC(C(=O)NCC3(O)CCCCC3)CC2=O)cc1. The van der Waals surface area contributed by atoms with Crippen molar-refractivity contribution in [1.29, 1.82) is 0 Å². The molecule has 1 aromatic rings. The van der Waals surface area contributed by atoms with E-state index in [1.807, 2.05) is 31.2 Å². The molecule has 1 aliphatic carbocycles. The number of carbonyl (C=O) groups is 2. The molecule has 1 aliphatic heterocycles. The number of carbonyl (C=O) groups excluding carboxylic acids is 2. The van der Waals surface area contributed by atoms with Gasteiger partial charge in [0.15, 0.2) is 0 Å². The van der Waals surface area contributed by atoms with Crippen LogP contribution >= 0.6 is 0 Å². The molecular formula is C20H28N2O3. The highest BCUT2D eigenvalue weighted by atomic mass is 16.3. The molecule has 5 nitrogen and oxygen atoms in total. The Morgan fingerprint density at radius 3 is 2.60 bits per heavy atom. The fraction of sp³-hybridized carbons (Fsp3) is 0.600. The van der Waals surface area contributed by atoms with E-state index in [4.69, 9.17) is 0 Å². The zero-order chi connectivity index (χ0) is 17.9. The van der Waals surface area contributed by atoms with E-state index < -0.39 is 5.60 Å². The predicted molar refractivity (Wildman–Crippen MR) is 95.7 cm³/mol. The summed E-state index contributed by atoms with van der Waals surface area (Å²) in [6.07, 6.45) is 4.93. The average molecular weight is 344 g/mol. The Hall–Kier alpha value is -1.88. The highest BCUT2D eigenvalue weighted by Gasteiger charge is 2.36. The summed E-state index contributed by atoms with van der Waals surface area (Å²) in [4.78, 5) is 26.4. The third-order valence-electron chi connectivity index (χ3n) is 5.46. The molecular weight excluding hydrogens is 316 g/mol. The smallest absolute Gasteiger partial charge is 0.225 e. The molecule has 1 saturated heterocycles. The molecule has 136 valence electrons. The summed E-state index contributed by atoms with van der Waals surface area (Å²) in [7, 11) is 0. The molecule has 5 heteroatoms. The molecule has 1 aromatic carbocycles. The highest BCUT2D eigenvalue weighted by Crippen LogP contribution is 2.27. The van der Waals surface area contributed by atoms with Gasteiger partial charge >= 0.3 is 0 Å². The summed E-state index contributed by atoms with van der Waals surface area (Å²) in [5, 5.41) is 13.4. The first-order valence-corrected chi connectivity index (χ1v) is 9.29. The Balaban J connectivity index is 1.51. The minimum absolute atomic E-state index is 0.0251. The van der Waals surface area contributed by atoms with E-state index in [1.54, 1.807) is 4.90 Å². The Kier molecular flexibility index (Phi) is 5.42. The first kappa shape index (κ1) is 17.9. The van der Waals surface area contributed by atoms with Crippen LogP contribution in [0.5, 0.6) is 0 Å². The lowest BCUT2D eigenvalue weighted by Crippen LogP contribution is -2.46. The second-order valence-electron chi connectivity index (χ2n) is 7.66. The van der Waals surface area contributed by atoms with Crippen LogP contribution in [0.1, 0.15) is 49.7 Å². The Labute approximate surface area is 149 Å². The lowest BCUT2D eigenvalue weighted by Gasteiger charge is -2.32. The van der Waals surface area contributed by atoms with Crippen LogP contribution in [0.2, 0.25) is 0 Å². The van der Waals surface area contributed by atoms with E-state index in [2.05, 4.69) is 5.32 Å². The van der Waals surface area contributed by atoms with Crippen molar-refractivity contribution < 1.29 is 14.7 Å². The summed E-state index contributed by atoms with van der Waals surface area (Å²) in [6.45, 7) is 3.34. The standard InChI is InChI=1S/C20H28N2O3/c1-15-5-7-16(8-6-15)12-22-13-17(11-18(22)23)19(24)21-14-20(25)9-3-2-4-10-20/h5-8,17,25H,2-4,9-14H2,1H3,(H,21,24). The summed E-state index contributed by atoms with van der Waals surface area (Å²) in [5.41, 5.74) is 1.50. The van der Waals surface area contributed by atoms with Crippen LogP contribution in [0.3, 0.4) is 0 Å². The fourth-order valence-electron chi connectivity index (χ4n) is 3.80. The van der Waals surface area contributed by atoms with Gasteiger partial charge in [-0.1, -0.05) is 49.1 Å². The molecule has 0 bridgehead atoms. The third kappa shape index (κ3) is 4.60. The van der Waals surface area contributed by atoms with Crippen LogP contribution in [0.25, 0.3) is 0 Å². The van der Waals surface area contributed by atoms with Crippen LogP contribution in [-0.2, 0) is 16.1 Å². The number of amides is 2. The quantitative estimate of drug-likeness (QED) is 0.860. The van der Waals surface area contributed by atoms with Gasteiger partial charge in [-0.3, -0.25) is 9.59 Å². The Bertz CT molecular complexity index is 620. The molecule has 2 fully saturated rings. The van der Waals surface area contributed by atoms with Crippen molar-refractivity contribution in [2.45, 2.75) is 57.6 Å². The zero-order valence-electron chi connectivity index (χ0n) is 15.0.